The lowest BCUT2D eigenvalue weighted by atomic mass is 9.70. The van der Waals surface area contributed by atoms with Crippen molar-refractivity contribution in [2.45, 2.75) is 52.1 Å². The minimum atomic E-state index is -0.645. The molecule has 1 saturated carbocycles. The number of hydrogen-bond donors (Lipinski definition) is 0. The zero-order valence-corrected chi connectivity index (χ0v) is 9.22. The molecular formula is C12H18O2. The van der Waals surface area contributed by atoms with Crippen LogP contribution in [-0.2, 0) is 9.53 Å². The molecule has 1 rings (SSSR count). The highest BCUT2D eigenvalue weighted by molar-refractivity contribution is 5.67. The van der Waals surface area contributed by atoms with Gasteiger partial charge in [-0.3, -0.25) is 4.79 Å². The Morgan fingerprint density at radius 1 is 1.43 bits per heavy atom. The van der Waals surface area contributed by atoms with Crippen LogP contribution in [0.25, 0.3) is 0 Å². The summed E-state index contributed by atoms with van der Waals surface area (Å²) in [5.41, 5.74) is -0.465. The van der Waals surface area contributed by atoms with E-state index >= 15 is 0 Å². The predicted molar refractivity (Wildman–Crippen MR) is 55.6 cm³/mol. The van der Waals surface area contributed by atoms with E-state index in [1.54, 1.807) is 0 Å². The van der Waals surface area contributed by atoms with Gasteiger partial charge in [-0.15, -0.1) is 6.42 Å². The van der Waals surface area contributed by atoms with E-state index in [1.165, 1.54) is 6.92 Å². The van der Waals surface area contributed by atoms with Crippen LogP contribution >= 0.6 is 0 Å². The highest BCUT2D eigenvalue weighted by Crippen LogP contribution is 2.42. The molecule has 1 unspecified atom stereocenters. The Kier molecular flexibility index (Phi) is 2.89. The number of esters is 1. The number of hydrogen-bond acceptors (Lipinski definition) is 2. The topological polar surface area (TPSA) is 26.3 Å². The molecule has 0 aromatic carbocycles. The highest BCUT2D eigenvalue weighted by atomic mass is 16.6. The van der Waals surface area contributed by atoms with E-state index in [1.807, 2.05) is 0 Å². The average molecular weight is 194 g/mol. The Hall–Kier alpha value is -0.970. The summed E-state index contributed by atoms with van der Waals surface area (Å²) in [6.07, 6.45) is 9.24. The normalized spacial score (nSPS) is 30.4. The molecule has 0 bridgehead atoms. The summed E-state index contributed by atoms with van der Waals surface area (Å²) >= 11 is 0. The van der Waals surface area contributed by atoms with Crippen LogP contribution in [-0.4, -0.2) is 11.6 Å². The smallest absolute Gasteiger partial charge is 0.304 e. The van der Waals surface area contributed by atoms with Gasteiger partial charge in [0.15, 0.2) is 5.60 Å². The van der Waals surface area contributed by atoms with Gasteiger partial charge in [0.1, 0.15) is 0 Å². The molecule has 0 spiro atoms. The maximum Gasteiger partial charge on any atom is 0.304 e. The summed E-state index contributed by atoms with van der Waals surface area (Å²) < 4.78 is 5.29. The fraction of sp³-hybridized carbons (Fsp3) is 0.750. The third kappa shape index (κ3) is 2.51. The van der Waals surface area contributed by atoms with E-state index in [0.717, 1.165) is 25.7 Å². The van der Waals surface area contributed by atoms with Crippen LogP contribution in [0.3, 0.4) is 0 Å². The fourth-order valence-corrected chi connectivity index (χ4v) is 2.32. The number of carbonyl (C=O) groups excluding carboxylic acids is 1. The van der Waals surface area contributed by atoms with Crippen LogP contribution in [0.5, 0.6) is 0 Å². The van der Waals surface area contributed by atoms with Gasteiger partial charge in [-0.25, -0.2) is 0 Å². The van der Waals surface area contributed by atoms with Crippen molar-refractivity contribution in [2.75, 3.05) is 0 Å². The van der Waals surface area contributed by atoms with Crippen molar-refractivity contribution in [3.63, 3.8) is 0 Å². The zero-order chi connectivity index (χ0) is 10.8. The molecule has 0 aromatic heterocycles. The van der Waals surface area contributed by atoms with Crippen LogP contribution in [0, 0.1) is 17.8 Å². The number of rotatable bonds is 1. The van der Waals surface area contributed by atoms with E-state index in [9.17, 15) is 4.79 Å². The van der Waals surface area contributed by atoms with Crippen LogP contribution in [0.1, 0.15) is 46.5 Å². The van der Waals surface area contributed by atoms with Crippen LogP contribution in [0.4, 0.5) is 0 Å². The number of terminal acetylenes is 1. The molecule has 0 radical (unpaired) electrons. The molecule has 0 aromatic rings. The van der Waals surface area contributed by atoms with Gasteiger partial charge in [0, 0.05) is 13.3 Å². The van der Waals surface area contributed by atoms with Gasteiger partial charge in [0.2, 0.25) is 0 Å². The second-order valence-electron chi connectivity index (χ2n) is 4.93. The third-order valence-electron chi connectivity index (χ3n) is 2.80. The lowest BCUT2D eigenvalue weighted by molar-refractivity contribution is -0.156. The Balaban J connectivity index is 2.80. The molecule has 1 fully saturated rings. The van der Waals surface area contributed by atoms with Gasteiger partial charge in [-0.1, -0.05) is 19.8 Å². The monoisotopic (exact) mass is 194 g/mol. The summed E-state index contributed by atoms with van der Waals surface area (Å²) in [5.74, 6) is 2.38. The van der Waals surface area contributed by atoms with Gasteiger partial charge in [0.25, 0.3) is 0 Å². The molecule has 0 heterocycles. The first-order chi connectivity index (χ1) is 6.39. The van der Waals surface area contributed by atoms with Crippen molar-refractivity contribution in [1.29, 1.82) is 0 Å². The average Bonchev–Trinajstić information content (AvgIpc) is 2.01. The van der Waals surface area contributed by atoms with Crippen molar-refractivity contribution in [3.8, 4) is 12.3 Å². The number of carbonyl (C=O) groups is 1. The SMILES string of the molecule is C#CC1(OC(C)=O)CCCC(C)(C)C1. The molecule has 0 amide bonds. The predicted octanol–water partition coefficient (Wildman–Crippen LogP) is 2.52. The van der Waals surface area contributed by atoms with Crippen molar-refractivity contribution in [1.82, 2.24) is 0 Å². The lowest BCUT2D eigenvalue weighted by Crippen LogP contribution is -2.41. The Labute approximate surface area is 86.0 Å². The van der Waals surface area contributed by atoms with E-state index in [4.69, 9.17) is 11.2 Å². The van der Waals surface area contributed by atoms with Gasteiger partial charge in [0.05, 0.1) is 0 Å². The van der Waals surface area contributed by atoms with Gasteiger partial charge in [-0.05, 0) is 24.7 Å². The Morgan fingerprint density at radius 2 is 2.07 bits per heavy atom. The second-order valence-corrected chi connectivity index (χ2v) is 4.93. The van der Waals surface area contributed by atoms with E-state index in [0.29, 0.717) is 0 Å². The molecule has 2 heteroatoms. The minimum absolute atomic E-state index is 0.181. The summed E-state index contributed by atoms with van der Waals surface area (Å²) in [5, 5.41) is 0. The van der Waals surface area contributed by atoms with E-state index < -0.39 is 5.60 Å². The first kappa shape index (κ1) is 11.1. The van der Waals surface area contributed by atoms with E-state index in [2.05, 4.69) is 19.8 Å². The second kappa shape index (κ2) is 3.65. The highest BCUT2D eigenvalue weighted by Gasteiger charge is 2.41. The molecule has 0 aliphatic heterocycles. The first-order valence-corrected chi connectivity index (χ1v) is 5.07. The largest absolute Gasteiger partial charge is 0.446 e. The first-order valence-electron chi connectivity index (χ1n) is 5.07. The van der Waals surface area contributed by atoms with Crippen molar-refractivity contribution in [3.05, 3.63) is 0 Å². The number of ether oxygens (including phenoxy) is 1. The van der Waals surface area contributed by atoms with Crippen LogP contribution in [0.2, 0.25) is 0 Å². The molecule has 1 aliphatic rings. The summed E-state index contributed by atoms with van der Waals surface area (Å²) in [7, 11) is 0. The molecule has 14 heavy (non-hydrogen) atoms. The molecule has 1 aliphatic carbocycles. The molecule has 2 nitrogen and oxygen atoms in total. The summed E-state index contributed by atoms with van der Waals surface area (Å²) in [6, 6.07) is 0. The molecule has 0 N–H and O–H groups in total. The molecule has 0 saturated heterocycles. The maximum absolute atomic E-state index is 11.0. The lowest BCUT2D eigenvalue weighted by Gasteiger charge is -2.40. The van der Waals surface area contributed by atoms with E-state index in [-0.39, 0.29) is 11.4 Å². The zero-order valence-electron chi connectivity index (χ0n) is 9.22. The molecule has 1 atom stereocenters. The van der Waals surface area contributed by atoms with Gasteiger partial charge < -0.3 is 4.74 Å². The maximum atomic E-state index is 11.0. The molecular weight excluding hydrogens is 176 g/mol. The van der Waals surface area contributed by atoms with Crippen molar-refractivity contribution < 1.29 is 9.53 Å². The minimum Gasteiger partial charge on any atom is -0.446 e. The standard InChI is InChI=1S/C12H18O2/c1-5-12(14-10(2)13)8-6-7-11(3,4)9-12/h1H,6-9H2,2-4H3. The Bertz CT molecular complexity index is 273. The van der Waals surface area contributed by atoms with Crippen LogP contribution < -0.4 is 0 Å². The van der Waals surface area contributed by atoms with Crippen molar-refractivity contribution >= 4 is 5.97 Å². The fourth-order valence-electron chi connectivity index (χ4n) is 2.32. The van der Waals surface area contributed by atoms with Crippen LogP contribution in [0.15, 0.2) is 0 Å². The van der Waals surface area contributed by atoms with Gasteiger partial charge >= 0.3 is 5.97 Å². The Morgan fingerprint density at radius 3 is 2.50 bits per heavy atom. The third-order valence-corrected chi connectivity index (χ3v) is 2.80. The summed E-state index contributed by atoms with van der Waals surface area (Å²) in [6.45, 7) is 5.75. The van der Waals surface area contributed by atoms with Crippen molar-refractivity contribution in [2.24, 2.45) is 5.41 Å². The quantitative estimate of drug-likeness (QED) is 0.473. The molecule has 78 valence electrons. The van der Waals surface area contributed by atoms with Gasteiger partial charge in [-0.2, -0.15) is 0 Å². The summed E-state index contributed by atoms with van der Waals surface area (Å²) in [4.78, 5) is 11.0.